The van der Waals surface area contributed by atoms with Crippen LogP contribution in [0.5, 0.6) is 5.75 Å². The summed E-state index contributed by atoms with van der Waals surface area (Å²) in [7, 11) is 0. The van der Waals surface area contributed by atoms with Crippen LogP contribution in [0, 0.1) is 5.82 Å². The molecular formula is C18H15F4NO3. The molecule has 8 heteroatoms. The SMILES string of the molecule is O=C(O)c1ccc(N2CC[C@H](Oc3ccc(C(F)(F)F)cc3)C2)cc1F. The van der Waals surface area contributed by atoms with Gasteiger partial charge in [0.2, 0.25) is 0 Å². The van der Waals surface area contributed by atoms with E-state index in [0.717, 1.165) is 18.2 Å². The van der Waals surface area contributed by atoms with Crippen LogP contribution in [0.1, 0.15) is 22.3 Å². The van der Waals surface area contributed by atoms with Gasteiger partial charge in [-0.15, -0.1) is 0 Å². The molecule has 1 heterocycles. The van der Waals surface area contributed by atoms with Crippen LogP contribution in [0.4, 0.5) is 23.2 Å². The van der Waals surface area contributed by atoms with Gasteiger partial charge >= 0.3 is 12.1 Å². The molecule has 0 spiro atoms. The van der Waals surface area contributed by atoms with Crippen LogP contribution in [0.15, 0.2) is 42.5 Å². The van der Waals surface area contributed by atoms with Gasteiger partial charge in [0, 0.05) is 18.7 Å². The highest BCUT2D eigenvalue weighted by Crippen LogP contribution is 2.31. The predicted octanol–water partition coefficient (Wildman–Crippen LogP) is 4.20. The molecule has 0 aromatic heterocycles. The summed E-state index contributed by atoms with van der Waals surface area (Å²) in [4.78, 5) is 12.7. The summed E-state index contributed by atoms with van der Waals surface area (Å²) in [5, 5.41) is 8.85. The van der Waals surface area contributed by atoms with Crippen molar-refractivity contribution in [1.82, 2.24) is 0 Å². The van der Waals surface area contributed by atoms with Crippen molar-refractivity contribution in [1.29, 1.82) is 0 Å². The Morgan fingerprint density at radius 1 is 1.15 bits per heavy atom. The summed E-state index contributed by atoms with van der Waals surface area (Å²) in [5.74, 6) is -1.82. The third-order valence-electron chi connectivity index (χ3n) is 4.18. The Morgan fingerprint density at radius 2 is 1.85 bits per heavy atom. The standard InChI is InChI=1S/C18H15F4NO3/c19-16-9-12(3-6-15(16)17(24)25)23-8-7-14(10-23)26-13-4-1-11(2-5-13)18(20,21)22/h1-6,9,14H,7-8,10H2,(H,24,25)/t14-/m0/s1. The number of anilines is 1. The molecule has 0 bridgehead atoms. The molecular weight excluding hydrogens is 354 g/mol. The quantitative estimate of drug-likeness (QED) is 0.821. The second kappa shape index (κ2) is 6.86. The molecule has 1 aliphatic heterocycles. The first kappa shape index (κ1) is 18.0. The Morgan fingerprint density at radius 3 is 2.42 bits per heavy atom. The fraction of sp³-hybridized carbons (Fsp3) is 0.278. The fourth-order valence-corrected chi connectivity index (χ4v) is 2.85. The van der Waals surface area contributed by atoms with Gasteiger partial charge in [0.15, 0.2) is 0 Å². The number of carboxylic acids is 1. The number of aromatic carboxylic acids is 1. The molecule has 1 atom stereocenters. The van der Waals surface area contributed by atoms with E-state index in [2.05, 4.69) is 0 Å². The average Bonchev–Trinajstić information content (AvgIpc) is 3.02. The van der Waals surface area contributed by atoms with Crippen molar-refractivity contribution in [3.05, 3.63) is 59.4 Å². The Balaban J connectivity index is 1.64. The summed E-state index contributed by atoms with van der Waals surface area (Å²) in [6.45, 7) is 0.990. The van der Waals surface area contributed by atoms with Crippen molar-refractivity contribution in [2.24, 2.45) is 0 Å². The number of carboxylic acid groups (broad SMARTS) is 1. The molecule has 1 aliphatic rings. The lowest BCUT2D eigenvalue weighted by molar-refractivity contribution is -0.137. The highest BCUT2D eigenvalue weighted by Gasteiger charge is 2.30. The molecule has 1 fully saturated rings. The summed E-state index contributed by atoms with van der Waals surface area (Å²) in [5.41, 5.74) is -0.608. The first-order valence-corrected chi connectivity index (χ1v) is 7.86. The van der Waals surface area contributed by atoms with E-state index >= 15 is 0 Å². The fourth-order valence-electron chi connectivity index (χ4n) is 2.85. The van der Waals surface area contributed by atoms with Crippen molar-refractivity contribution in [2.45, 2.75) is 18.7 Å². The Bertz CT molecular complexity index is 805. The first-order valence-electron chi connectivity index (χ1n) is 7.86. The number of rotatable bonds is 4. The number of hydrogen-bond acceptors (Lipinski definition) is 3. The van der Waals surface area contributed by atoms with Crippen LogP contribution >= 0.6 is 0 Å². The number of hydrogen-bond donors (Lipinski definition) is 1. The van der Waals surface area contributed by atoms with Gasteiger partial charge in [-0.05, 0) is 42.5 Å². The number of nitrogens with zero attached hydrogens (tertiary/aromatic N) is 1. The van der Waals surface area contributed by atoms with Gasteiger partial charge in [-0.1, -0.05) is 0 Å². The maximum Gasteiger partial charge on any atom is 0.416 e. The average molecular weight is 369 g/mol. The largest absolute Gasteiger partial charge is 0.489 e. The minimum Gasteiger partial charge on any atom is -0.489 e. The molecule has 4 nitrogen and oxygen atoms in total. The van der Waals surface area contributed by atoms with Gasteiger partial charge < -0.3 is 14.7 Å². The van der Waals surface area contributed by atoms with E-state index < -0.39 is 29.1 Å². The number of halogens is 4. The van der Waals surface area contributed by atoms with Crippen LogP contribution in [0.2, 0.25) is 0 Å². The lowest BCUT2D eigenvalue weighted by atomic mass is 10.2. The molecule has 0 radical (unpaired) electrons. The zero-order chi connectivity index (χ0) is 18.9. The molecule has 1 N–H and O–H groups in total. The van der Waals surface area contributed by atoms with Crippen molar-refractivity contribution in [2.75, 3.05) is 18.0 Å². The van der Waals surface area contributed by atoms with Gasteiger partial charge in [-0.2, -0.15) is 13.2 Å². The summed E-state index contributed by atoms with van der Waals surface area (Å²) in [6.07, 6.45) is -4.04. The van der Waals surface area contributed by atoms with Crippen molar-refractivity contribution >= 4 is 11.7 Å². The van der Waals surface area contributed by atoms with E-state index in [0.29, 0.717) is 30.9 Å². The molecule has 2 aromatic carbocycles. The third-order valence-corrected chi connectivity index (χ3v) is 4.18. The topological polar surface area (TPSA) is 49.8 Å². The van der Waals surface area contributed by atoms with Gasteiger partial charge in [-0.25, -0.2) is 9.18 Å². The molecule has 0 saturated carbocycles. The van der Waals surface area contributed by atoms with Gasteiger partial charge in [0.05, 0.1) is 17.7 Å². The smallest absolute Gasteiger partial charge is 0.416 e. The molecule has 138 valence electrons. The minimum absolute atomic E-state index is 0.256. The van der Waals surface area contributed by atoms with Crippen molar-refractivity contribution in [3.8, 4) is 5.75 Å². The number of benzene rings is 2. The Hall–Kier alpha value is -2.77. The molecule has 3 rings (SSSR count). The Kier molecular flexibility index (Phi) is 4.76. The van der Waals surface area contributed by atoms with Gasteiger partial charge in [0.25, 0.3) is 0 Å². The molecule has 26 heavy (non-hydrogen) atoms. The van der Waals surface area contributed by atoms with E-state index in [-0.39, 0.29) is 6.10 Å². The van der Waals surface area contributed by atoms with Crippen LogP contribution in [0.3, 0.4) is 0 Å². The monoisotopic (exact) mass is 369 g/mol. The summed E-state index contributed by atoms with van der Waals surface area (Å²) < 4.78 is 57.2. The molecule has 0 aliphatic carbocycles. The lowest BCUT2D eigenvalue weighted by Gasteiger charge is -2.19. The van der Waals surface area contributed by atoms with Crippen molar-refractivity contribution in [3.63, 3.8) is 0 Å². The number of alkyl halides is 3. The second-order valence-electron chi connectivity index (χ2n) is 5.97. The maximum atomic E-state index is 13.8. The van der Waals surface area contributed by atoms with Crippen LogP contribution in [-0.2, 0) is 6.18 Å². The molecule has 0 amide bonds. The van der Waals surface area contributed by atoms with Crippen molar-refractivity contribution < 1.29 is 32.2 Å². The van der Waals surface area contributed by atoms with Gasteiger partial charge in [-0.3, -0.25) is 0 Å². The minimum atomic E-state index is -4.39. The number of ether oxygens (including phenoxy) is 1. The van der Waals surface area contributed by atoms with Crippen LogP contribution < -0.4 is 9.64 Å². The highest BCUT2D eigenvalue weighted by atomic mass is 19.4. The van der Waals surface area contributed by atoms with E-state index in [4.69, 9.17) is 9.84 Å². The van der Waals surface area contributed by atoms with E-state index in [1.807, 2.05) is 4.90 Å². The van der Waals surface area contributed by atoms with Gasteiger partial charge in [0.1, 0.15) is 17.7 Å². The normalized spacial score (nSPS) is 17.4. The van der Waals surface area contributed by atoms with Crippen LogP contribution in [0.25, 0.3) is 0 Å². The Labute approximate surface area is 146 Å². The number of carbonyl (C=O) groups is 1. The van der Waals surface area contributed by atoms with E-state index in [9.17, 15) is 22.4 Å². The molecule has 2 aromatic rings. The zero-order valence-corrected chi connectivity index (χ0v) is 13.5. The predicted molar refractivity (Wildman–Crippen MR) is 86.0 cm³/mol. The van der Waals surface area contributed by atoms with E-state index in [1.165, 1.54) is 24.3 Å². The second-order valence-corrected chi connectivity index (χ2v) is 5.97. The third kappa shape index (κ3) is 3.89. The van der Waals surface area contributed by atoms with Crippen LogP contribution in [-0.4, -0.2) is 30.3 Å². The maximum absolute atomic E-state index is 13.8. The zero-order valence-electron chi connectivity index (χ0n) is 13.5. The highest BCUT2D eigenvalue weighted by molar-refractivity contribution is 5.88. The summed E-state index contributed by atoms with van der Waals surface area (Å²) >= 11 is 0. The van der Waals surface area contributed by atoms with E-state index in [1.54, 1.807) is 0 Å². The lowest BCUT2D eigenvalue weighted by Crippen LogP contribution is -2.24. The molecule has 0 unspecified atom stereocenters. The molecule has 1 saturated heterocycles. The summed E-state index contributed by atoms with van der Waals surface area (Å²) in [6, 6.07) is 8.35. The first-order chi connectivity index (χ1) is 12.2.